The van der Waals surface area contributed by atoms with E-state index >= 15 is 0 Å². The van der Waals surface area contributed by atoms with E-state index in [1.807, 2.05) is 0 Å². The second-order valence-corrected chi connectivity index (χ2v) is 1.75. The Labute approximate surface area is 52.7 Å². The molecule has 0 aromatic carbocycles. The lowest BCUT2D eigenvalue weighted by molar-refractivity contribution is -0.119. The van der Waals surface area contributed by atoms with Crippen molar-refractivity contribution >= 4 is 6.29 Å². The van der Waals surface area contributed by atoms with Crippen molar-refractivity contribution in [3.63, 3.8) is 0 Å². The lowest BCUT2D eigenvalue weighted by Crippen LogP contribution is -2.27. The second-order valence-electron chi connectivity index (χ2n) is 1.75. The minimum Gasteiger partial charge on any atom is -0.396 e. The topological polar surface area (TPSA) is 77.8 Å². The summed E-state index contributed by atoms with van der Waals surface area (Å²) in [6.07, 6.45) is -0.961. The molecular formula is C5H10O4. The van der Waals surface area contributed by atoms with Gasteiger partial charge >= 0.3 is 0 Å². The van der Waals surface area contributed by atoms with Crippen LogP contribution in [0.15, 0.2) is 0 Å². The molecule has 0 saturated carbocycles. The molecule has 0 aromatic rings. The van der Waals surface area contributed by atoms with Gasteiger partial charge in [0.2, 0.25) is 0 Å². The van der Waals surface area contributed by atoms with Crippen LogP contribution in [0.5, 0.6) is 0 Å². The Kier molecular flexibility index (Phi) is 4.21. The summed E-state index contributed by atoms with van der Waals surface area (Å²) in [5, 5.41) is 25.3. The van der Waals surface area contributed by atoms with Crippen LogP contribution in [0, 0.1) is 5.92 Å². The van der Waals surface area contributed by atoms with E-state index in [1.54, 1.807) is 0 Å². The average molecular weight is 134 g/mol. The second kappa shape index (κ2) is 4.43. The van der Waals surface area contributed by atoms with E-state index in [4.69, 9.17) is 15.3 Å². The molecule has 0 bridgehead atoms. The van der Waals surface area contributed by atoms with E-state index in [0.717, 1.165) is 0 Å². The van der Waals surface area contributed by atoms with E-state index in [9.17, 15) is 4.79 Å². The molecule has 0 saturated heterocycles. The van der Waals surface area contributed by atoms with Gasteiger partial charge in [-0.3, -0.25) is 0 Å². The van der Waals surface area contributed by atoms with Gasteiger partial charge in [0, 0.05) is 5.92 Å². The van der Waals surface area contributed by atoms with Gasteiger partial charge < -0.3 is 20.1 Å². The van der Waals surface area contributed by atoms with Crippen LogP contribution in [0.25, 0.3) is 0 Å². The van der Waals surface area contributed by atoms with Gasteiger partial charge in [-0.25, -0.2) is 0 Å². The summed E-state index contributed by atoms with van der Waals surface area (Å²) in [5.74, 6) is -0.734. The van der Waals surface area contributed by atoms with E-state index in [2.05, 4.69) is 0 Å². The third-order valence-electron chi connectivity index (χ3n) is 1.09. The predicted octanol–water partition coefficient (Wildman–Crippen LogP) is -1.85. The standard InChI is InChI=1S/C5H10O4/c6-1-4(2-7)5(9)3-8/h3-7,9H,1-2H2/t5-/m0/s1. The third-order valence-corrected chi connectivity index (χ3v) is 1.09. The van der Waals surface area contributed by atoms with Crippen LogP contribution in [0.2, 0.25) is 0 Å². The van der Waals surface area contributed by atoms with Crippen LogP contribution in [0.1, 0.15) is 0 Å². The highest BCUT2D eigenvalue weighted by atomic mass is 16.3. The number of aliphatic hydroxyl groups is 3. The lowest BCUT2D eigenvalue weighted by Gasteiger charge is -2.11. The molecule has 1 atom stereocenters. The Hall–Kier alpha value is -0.450. The van der Waals surface area contributed by atoms with Gasteiger partial charge in [0.1, 0.15) is 12.4 Å². The van der Waals surface area contributed by atoms with Crippen LogP contribution >= 0.6 is 0 Å². The first-order chi connectivity index (χ1) is 4.26. The molecule has 0 fully saturated rings. The quantitative estimate of drug-likeness (QED) is 0.394. The molecule has 0 unspecified atom stereocenters. The molecule has 3 N–H and O–H groups in total. The number of carbonyl (C=O) groups excluding carboxylic acids is 1. The highest BCUT2D eigenvalue weighted by molar-refractivity contribution is 5.56. The van der Waals surface area contributed by atoms with Gasteiger partial charge in [-0.2, -0.15) is 0 Å². The molecule has 0 radical (unpaired) electrons. The van der Waals surface area contributed by atoms with Crippen molar-refractivity contribution in [3.05, 3.63) is 0 Å². The van der Waals surface area contributed by atoms with E-state index in [-0.39, 0.29) is 19.5 Å². The van der Waals surface area contributed by atoms with Crippen molar-refractivity contribution in [3.8, 4) is 0 Å². The molecule has 9 heavy (non-hydrogen) atoms. The zero-order valence-corrected chi connectivity index (χ0v) is 4.90. The van der Waals surface area contributed by atoms with Crippen molar-refractivity contribution in [2.45, 2.75) is 6.10 Å². The Morgan fingerprint density at radius 1 is 1.33 bits per heavy atom. The molecule has 0 aliphatic heterocycles. The first-order valence-electron chi connectivity index (χ1n) is 2.61. The van der Waals surface area contributed by atoms with Crippen molar-refractivity contribution in [1.82, 2.24) is 0 Å². The highest BCUT2D eigenvalue weighted by Gasteiger charge is 2.15. The van der Waals surface area contributed by atoms with Crippen LogP contribution < -0.4 is 0 Å². The van der Waals surface area contributed by atoms with Gasteiger partial charge in [-0.15, -0.1) is 0 Å². The van der Waals surface area contributed by atoms with Gasteiger partial charge in [0.25, 0.3) is 0 Å². The van der Waals surface area contributed by atoms with E-state index in [0.29, 0.717) is 0 Å². The number of hydrogen-bond acceptors (Lipinski definition) is 4. The fourth-order valence-electron chi connectivity index (χ4n) is 0.385. The fraction of sp³-hybridized carbons (Fsp3) is 0.800. The molecule has 0 rings (SSSR count). The Bertz CT molecular complexity index is 79.0. The minimum atomic E-state index is -1.25. The first-order valence-corrected chi connectivity index (χ1v) is 2.61. The normalized spacial score (nSPS) is 13.8. The summed E-state index contributed by atoms with van der Waals surface area (Å²) >= 11 is 0. The van der Waals surface area contributed by atoms with Crippen molar-refractivity contribution in [2.24, 2.45) is 5.92 Å². The summed E-state index contributed by atoms with van der Waals surface area (Å²) in [5.41, 5.74) is 0. The van der Waals surface area contributed by atoms with Crippen LogP contribution in [-0.4, -0.2) is 40.9 Å². The molecule has 0 aliphatic rings. The zero-order chi connectivity index (χ0) is 7.28. The number of hydrogen-bond donors (Lipinski definition) is 3. The zero-order valence-electron chi connectivity index (χ0n) is 4.90. The summed E-state index contributed by atoms with van der Waals surface area (Å²) < 4.78 is 0. The predicted molar refractivity (Wildman–Crippen MR) is 29.7 cm³/mol. The number of aliphatic hydroxyl groups excluding tert-OH is 3. The maximum absolute atomic E-state index is 9.79. The minimum absolute atomic E-state index is 0.289. The van der Waals surface area contributed by atoms with Gasteiger partial charge in [0.05, 0.1) is 13.2 Å². The molecule has 0 spiro atoms. The maximum Gasteiger partial charge on any atom is 0.148 e. The van der Waals surface area contributed by atoms with Crippen LogP contribution in [0.4, 0.5) is 0 Å². The molecule has 0 aromatic heterocycles. The van der Waals surface area contributed by atoms with E-state index in [1.165, 1.54) is 0 Å². The largest absolute Gasteiger partial charge is 0.396 e. The number of aldehydes is 1. The number of carbonyl (C=O) groups is 1. The summed E-state index contributed by atoms with van der Waals surface area (Å²) in [6, 6.07) is 0. The Balaban J connectivity index is 3.63. The van der Waals surface area contributed by atoms with Crippen molar-refractivity contribution in [1.29, 1.82) is 0 Å². The van der Waals surface area contributed by atoms with Gasteiger partial charge in [0.15, 0.2) is 0 Å². The van der Waals surface area contributed by atoms with Gasteiger partial charge in [-0.1, -0.05) is 0 Å². The molecule has 0 aliphatic carbocycles. The molecule has 54 valence electrons. The summed E-state index contributed by atoms with van der Waals surface area (Å²) in [4.78, 5) is 9.79. The summed E-state index contributed by atoms with van der Waals surface area (Å²) in [7, 11) is 0. The van der Waals surface area contributed by atoms with Gasteiger partial charge in [-0.05, 0) is 0 Å². The van der Waals surface area contributed by atoms with Crippen molar-refractivity contribution < 1.29 is 20.1 Å². The Morgan fingerprint density at radius 2 is 1.78 bits per heavy atom. The van der Waals surface area contributed by atoms with Crippen LogP contribution in [-0.2, 0) is 4.79 Å². The van der Waals surface area contributed by atoms with E-state index < -0.39 is 12.0 Å². The highest BCUT2D eigenvalue weighted by Crippen LogP contribution is 1.97. The van der Waals surface area contributed by atoms with Crippen LogP contribution in [0.3, 0.4) is 0 Å². The van der Waals surface area contributed by atoms with Crippen molar-refractivity contribution in [2.75, 3.05) is 13.2 Å². The maximum atomic E-state index is 9.79. The first kappa shape index (κ1) is 8.55. The lowest BCUT2D eigenvalue weighted by atomic mass is 10.1. The molecule has 0 amide bonds. The molecule has 4 nitrogen and oxygen atoms in total. The summed E-state index contributed by atoms with van der Waals surface area (Å²) in [6.45, 7) is -0.757. The SMILES string of the molecule is O=C[C@H](O)C(CO)CO. The number of rotatable bonds is 4. The smallest absolute Gasteiger partial charge is 0.148 e. The molecular weight excluding hydrogens is 124 g/mol. The molecule has 0 heterocycles. The molecule has 4 heteroatoms. The fourth-order valence-corrected chi connectivity index (χ4v) is 0.385. The third kappa shape index (κ3) is 2.55. The monoisotopic (exact) mass is 134 g/mol. The Morgan fingerprint density at radius 3 is 1.89 bits per heavy atom. The average Bonchev–Trinajstić information content (AvgIpc) is 1.90.